The van der Waals surface area contributed by atoms with Crippen LogP contribution in [0.15, 0.2) is 11.6 Å². The van der Waals surface area contributed by atoms with E-state index in [0.29, 0.717) is 0 Å². The quantitative estimate of drug-likeness (QED) is 0.545. The minimum absolute atomic E-state index is 0.739. The van der Waals surface area contributed by atoms with E-state index in [1.165, 1.54) is 12.8 Å². The van der Waals surface area contributed by atoms with Crippen molar-refractivity contribution in [2.45, 2.75) is 19.8 Å². The molecule has 56 valence electrons. The van der Waals surface area contributed by atoms with E-state index in [9.17, 15) is 0 Å². The highest BCUT2D eigenvalue weighted by molar-refractivity contribution is 5.24. The SMILES string of the molecule is CC1CC2CC2/C1=C\CN. The van der Waals surface area contributed by atoms with Crippen LogP contribution < -0.4 is 5.73 Å². The van der Waals surface area contributed by atoms with E-state index in [4.69, 9.17) is 5.73 Å². The maximum atomic E-state index is 5.47. The van der Waals surface area contributed by atoms with Gasteiger partial charge in [0, 0.05) is 6.54 Å². The van der Waals surface area contributed by atoms with Crippen molar-refractivity contribution in [2.24, 2.45) is 23.5 Å². The van der Waals surface area contributed by atoms with Gasteiger partial charge in [-0.3, -0.25) is 0 Å². The molecule has 0 radical (unpaired) electrons. The Labute approximate surface area is 62.3 Å². The molecule has 2 rings (SSSR count). The van der Waals surface area contributed by atoms with Crippen molar-refractivity contribution in [1.29, 1.82) is 0 Å². The third-order valence-electron chi connectivity index (χ3n) is 2.93. The monoisotopic (exact) mass is 137 g/mol. The predicted molar refractivity (Wildman–Crippen MR) is 42.5 cm³/mol. The molecule has 2 fully saturated rings. The zero-order chi connectivity index (χ0) is 7.14. The van der Waals surface area contributed by atoms with Crippen molar-refractivity contribution >= 4 is 0 Å². The van der Waals surface area contributed by atoms with Crippen molar-refractivity contribution in [3.8, 4) is 0 Å². The molecule has 3 atom stereocenters. The molecule has 2 aliphatic rings. The summed E-state index contributed by atoms with van der Waals surface area (Å²) in [7, 11) is 0. The Morgan fingerprint density at radius 3 is 2.90 bits per heavy atom. The van der Waals surface area contributed by atoms with Crippen molar-refractivity contribution < 1.29 is 0 Å². The topological polar surface area (TPSA) is 26.0 Å². The van der Waals surface area contributed by atoms with E-state index >= 15 is 0 Å². The van der Waals surface area contributed by atoms with E-state index in [-0.39, 0.29) is 0 Å². The fourth-order valence-electron chi connectivity index (χ4n) is 2.36. The second-order valence-corrected chi connectivity index (χ2v) is 3.68. The molecule has 2 saturated carbocycles. The van der Waals surface area contributed by atoms with Gasteiger partial charge in [-0.15, -0.1) is 0 Å². The predicted octanol–water partition coefficient (Wildman–Crippen LogP) is 1.55. The second-order valence-electron chi connectivity index (χ2n) is 3.68. The number of fused-ring (bicyclic) bond motifs is 1. The van der Waals surface area contributed by atoms with Crippen molar-refractivity contribution in [3.63, 3.8) is 0 Å². The highest BCUT2D eigenvalue weighted by Gasteiger charge is 2.47. The van der Waals surface area contributed by atoms with Crippen LogP contribution in [0.25, 0.3) is 0 Å². The van der Waals surface area contributed by atoms with Crippen molar-refractivity contribution in [2.75, 3.05) is 6.54 Å². The highest BCUT2D eigenvalue weighted by Crippen LogP contribution is 2.57. The summed E-state index contributed by atoms with van der Waals surface area (Å²) in [6.45, 7) is 3.07. The fourth-order valence-corrected chi connectivity index (χ4v) is 2.36. The first-order valence-electron chi connectivity index (χ1n) is 4.23. The average Bonchev–Trinajstić information content (AvgIpc) is 2.57. The largest absolute Gasteiger partial charge is 0.327 e. The standard InChI is InChI=1S/C9H15N/c1-6-4-7-5-9(7)8(6)2-3-10/h2,6-7,9H,3-5,10H2,1H3/b8-2-. The van der Waals surface area contributed by atoms with Crippen LogP contribution in [0.1, 0.15) is 19.8 Å². The van der Waals surface area contributed by atoms with Crippen LogP contribution in [0.4, 0.5) is 0 Å². The lowest BCUT2D eigenvalue weighted by atomic mass is 10.00. The lowest BCUT2D eigenvalue weighted by Crippen LogP contribution is -2.00. The van der Waals surface area contributed by atoms with E-state index in [2.05, 4.69) is 13.0 Å². The summed E-state index contributed by atoms with van der Waals surface area (Å²) in [5.74, 6) is 2.85. The molecular formula is C9H15N. The molecule has 0 bridgehead atoms. The summed E-state index contributed by atoms with van der Waals surface area (Å²) in [6, 6.07) is 0. The molecule has 3 unspecified atom stereocenters. The Morgan fingerprint density at radius 1 is 1.60 bits per heavy atom. The van der Waals surface area contributed by atoms with Gasteiger partial charge in [0.25, 0.3) is 0 Å². The van der Waals surface area contributed by atoms with Crippen molar-refractivity contribution in [1.82, 2.24) is 0 Å². The third kappa shape index (κ3) is 0.807. The highest BCUT2D eigenvalue weighted by atomic mass is 14.6. The van der Waals surface area contributed by atoms with Gasteiger partial charge in [0.05, 0.1) is 0 Å². The number of nitrogens with two attached hydrogens (primary N) is 1. The average molecular weight is 137 g/mol. The van der Waals surface area contributed by atoms with Crippen molar-refractivity contribution in [3.05, 3.63) is 11.6 Å². The number of hydrogen-bond donors (Lipinski definition) is 1. The molecule has 0 aromatic heterocycles. The van der Waals surface area contributed by atoms with Gasteiger partial charge in [-0.25, -0.2) is 0 Å². The number of allylic oxidation sites excluding steroid dienone is 1. The third-order valence-corrected chi connectivity index (χ3v) is 2.93. The van der Waals surface area contributed by atoms with Crippen LogP contribution in [0.5, 0.6) is 0 Å². The second kappa shape index (κ2) is 2.09. The maximum absolute atomic E-state index is 5.47. The molecule has 2 N–H and O–H groups in total. The Hall–Kier alpha value is -0.300. The number of rotatable bonds is 1. The van der Waals surface area contributed by atoms with Crippen LogP contribution in [0.3, 0.4) is 0 Å². The Bertz CT molecular complexity index is 168. The van der Waals surface area contributed by atoms with Gasteiger partial charge in [-0.2, -0.15) is 0 Å². The van der Waals surface area contributed by atoms with Crippen LogP contribution >= 0.6 is 0 Å². The first kappa shape index (κ1) is 6.41. The molecule has 0 aliphatic heterocycles. The van der Waals surface area contributed by atoms with E-state index in [1.54, 1.807) is 5.57 Å². The van der Waals surface area contributed by atoms with E-state index in [0.717, 1.165) is 24.3 Å². The molecule has 0 aromatic rings. The smallest absolute Gasteiger partial charge is 0.0109 e. The van der Waals surface area contributed by atoms with Gasteiger partial charge in [-0.05, 0) is 30.6 Å². The minimum Gasteiger partial charge on any atom is -0.327 e. The molecule has 1 heteroatoms. The zero-order valence-electron chi connectivity index (χ0n) is 6.51. The molecule has 10 heavy (non-hydrogen) atoms. The van der Waals surface area contributed by atoms with Crippen LogP contribution in [0.2, 0.25) is 0 Å². The molecule has 0 spiro atoms. The molecule has 0 aromatic carbocycles. The lowest BCUT2D eigenvalue weighted by molar-refractivity contribution is 0.620. The lowest BCUT2D eigenvalue weighted by Gasteiger charge is -2.07. The Kier molecular flexibility index (Phi) is 1.34. The summed E-state index contributed by atoms with van der Waals surface area (Å²) < 4.78 is 0. The molecule has 0 saturated heterocycles. The minimum atomic E-state index is 0.739. The molecular weight excluding hydrogens is 122 g/mol. The van der Waals surface area contributed by atoms with Gasteiger partial charge in [0.2, 0.25) is 0 Å². The fraction of sp³-hybridized carbons (Fsp3) is 0.778. The first-order valence-corrected chi connectivity index (χ1v) is 4.23. The summed E-state index contributed by atoms with van der Waals surface area (Å²) in [5.41, 5.74) is 7.13. The van der Waals surface area contributed by atoms with E-state index < -0.39 is 0 Å². The van der Waals surface area contributed by atoms with Gasteiger partial charge < -0.3 is 5.73 Å². The van der Waals surface area contributed by atoms with Crippen LogP contribution in [-0.4, -0.2) is 6.54 Å². The Morgan fingerprint density at radius 2 is 2.40 bits per heavy atom. The molecule has 0 amide bonds. The maximum Gasteiger partial charge on any atom is 0.0109 e. The number of hydrogen-bond acceptors (Lipinski definition) is 1. The summed E-state index contributed by atoms with van der Waals surface area (Å²) in [5, 5.41) is 0. The van der Waals surface area contributed by atoms with Crippen LogP contribution in [-0.2, 0) is 0 Å². The van der Waals surface area contributed by atoms with E-state index in [1.807, 2.05) is 0 Å². The van der Waals surface area contributed by atoms with Gasteiger partial charge in [-0.1, -0.05) is 18.6 Å². The summed E-state index contributed by atoms with van der Waals surface area (Å²) >= 11 is 0. The van der Waals surface area contributed by atoms with Gasteiger partial charge in [0.15, 0.2) is 0 Å². The van der Waals surface area contributed by atoms with Crippen LogP contribution in [0, 0.1) is 17.8 Å². The molecule has 2 aliphatic carbocycles. The normalized spacial score (nSPS) is 47.8. The summed E-state index contributed by atoms with van der Waals surface area (Å²) in [4.78, 5) is 0. The Balaban J connectivity index is 2.12. The summed E-state index contributed by atoms with van der Waals surface area (Å²) in [6.07, 6.45) is 5.12. The first-order chi connectivity index (χ1) is 4.83. The zero-order valence-corrected chi connectivity index (χ0v) is 6.51. The van der Waals surface area contributed by atoms with Gasteiger partial charge >= 0.3 is 0 Å². The molecule has 1 nitrogen and oxygen atoms in total. The molecule has 0 heterocycles. The van der Waals surface area contributed by atoms with Gasteiger partial charge in [0.1, 0.15) is 0 Å².